The summed E-state index contributed by atoms with van der Waals surface area (Å²) in [4.78, 5) is 11.9. The third-order valence-electron chi connectivity index (χ3n) is 4.27. The highest BCUT2D eigenvalue weighted by Crippen LogP contribution is 2.29. The summed E-state index contributed by atoms with van der Waals surface area (Å²) in [5, 5.41) is 18.2. The lowest BCUT2D eigenvalue weighted by molar-refractivity contribution is 0.184. The fourth-order valence-electron chi connectivity index (χ4n) is 2.78. The Balaban J connectivity index is 1.63. The molecule has 1 unspecified atom stereocenters. The normalized spacial score (nSPS) is 12.8. The molecule has 6 nitrogen and oxygen atoms in total. The largest absolute Gasteiger partial charge is 0.386 e. The van der Waals surface area contributed by atoms with Gasteiger partial charge in [-0.3, -0.25) is 0 Å². The van der Waals surface area contributed by atoms with Crippen LogP contribution in [0.15, 0.2) is 53.7 Å². The Kier molecular flexibility index (Phi) is 6.84. The quantitative estimate of drug-likeness (QED) is 0.422. The van der Waals surface area contributed by atoms with E-state index in [1.165, 1.54) is 4.70 Å². The molecule has 0 spiro atoms. The lowest BCUT2D eigenvalue weighted by atomic mass is 10.2. The van der Waals surface area contributed by atoms with E-state index in [0.717, 1.165) is 28.2 Å². The fourth-order valence-corrected chi connectivity index (χ4v) is 3.83. The lowest BCUT2D eigenvalue weighted by Crippen LogP contribution is -2.39. The number of hydrogen-bond donors (Lipinski definition) is 3. The molecule has 0 saturated carbocycles. The molecule has 0 bridgehead atoms. The first kappa shape index (κ1) is 20.1. The number of fused-ring (bicyclic) bond motifs is 1. The zero-order valence-electron chi connectivity index (χ0n) is 16.5. The molecule has 3 rings (SSSR count). The van der Waals surface area contributed by atoms with E-state index in [1.54, 1.807) is 17.5 Å². The van der Waals surface area contributed by atoms with Gasteiger partial charge in [-0.05, 0) is 42.1 Å². The maximum Gasteiger partial charge on any atom is 0.191 e. The number of nitrogens with one attached hydrogen (secondary N) is 2. The van der Waals surface area contributed by atoms with Crippen LogP contribution in [0.25, 0.3) is 10.1 Å². The van der Waals surface area contributed by atoms with E-state index < -0.39 is 6.10 Å². The van der Waals surface area contributed by atoms with Gasteiger partial charge in [-0.1, -0.05) is 18.2 Å². The molecule has 0 aliphatic carbocycles. The Labute approximate surface area is 169 Å². The van der Waals surface area contributed by atoms with Crippen molar-refractivity contribution in [2.24, 2.45) is 4.99 Å². The van der Waals surface area contributed by atoms with Crippen LogP contribution in [0.1, 0.15) is 23.5 Å². The van der Waals surface area contributed by atoms with E-state index in [0.29, 0.717) is 19.0 Å². The molecular formula is C21H27N5OS. The fraction of sp³-hybridized carbons (Fsp3) is 0.333. The van der Waals surface area contributed by atoms with Gasteiger partial charge in [0.25, 0.3) is 0 Å². The van der Waals surface area contributed by atoms with E-state index in [2.05, 4.69) is 38.8 Å². The number of benzene rings is 1. The highest BCUT2D eigenvalue weighted by Gasteiger charge is 2.12. The van der Waals surface area contributed by atoms with Gasteiger partial charge < -0.3 is 20.6 Å². The highest BCUT2D eigenvalue weighted by molar-refractivity contribution is 7.19. The van der Waals surface area contributed by atoms with Crippen molar-refractivity contribution in [1.82, 2.24) is 15.6 Å². The molecular weight excluding hydrogens is 370 g/mol. The summed E-state index contributed by atoms with van der Waals surface area (Å²) in [5.74, 6) is 1.59. The van der Waals surface area contributed by atoms with E-state index in [9.17, 15) is 5.11 Å². The van der Waals surface area contributed by atoms with Crippen LogP contribution in [0, 0.1) is 0 Å². The molecule has 0 saturated heterocycles. The summed E-state index contributed by atoms with van der Waals surface area (Å²) in [6.45, 7) is 3.72. The van der Waals surface area contributed by atoms with Crippen LogP contribution < -0.4 is 15.5 Å². The molecule has 2 aromatic heterocycles. The average molecular weight is 398 g/mol. The molecule has 0 aliphatic rings. The summed E-state index contributed by atoms with van der Waals surface area (Å²) in [5.41, 5.74) is 1.08. The van der Waals surface area contributed by atoms with Crippen molar-refractivity contribution >= 4 is 33.2 Å². The van der Waals surface area contributed by atoms with Gasteiger partial charge in [-0.2, -0.15) is 0 Å². The van der Waals surface area contributed by atoms with Gasteiger partial charge >= 0.3 is 0 Å². The Bertz CT molecular complexity index is 904. The zero-order chi connectivity index (χ0) is 19.9. The first-order valence-electron chi connectivity index (χ1n) is 9.37. The molecule has 0 aliphatic heterocycles. The van der Waals surface area contributed by atoms with Gasteiger partial charge in [0, 0.05) is 43.0 Å². The van der Waals surface area contributed by atoms with Crippen LogP contribution in [0.3, 0.4) is 0 Å². The van der Waals surface area contributed by atoms with Crippen molar-refractivity contribution < 1.29 is 5.11 Å². The van der Waals surface area contributed by atoms with Crippen molar-refractivity contribution in [2.75, 3.05) is 32.1 Å². The number of pyridine rings is 1. The Morgan fingerprint density at radius 2 is 2.04 bits per heavy atom. The Morgan fingerprint density at radius 3 is 2.79 bits per heavy atom. The third-order valence-corrected chi connectivity index (χ3v) is 5.49. The average Bonchev–Trinajstić information content (AvgIpc) is 3.14. The van der Waals surface area contributed by atoms with Gasteiger partial charge in [-0.15, -0.1) is 11.3 Å². The maximum absolute atomic E-state index is 10.6. The molecule has 1 atom stereocenters. The van der Waals surface area contributed by atoms with Gasteiger partial charge in [-0.25, -0.2) is 9.98 Å². The second-order valence-corrected chi connectivity index (χ2v) is 7.81. The van der Waals surface area contributed by atoms with E-state index >= 15 is 0 Å². The third kappa shape index (κ3) is 5.21. The van der Waals surface area contributed by atoms with Crippen LogP contribution >= 0.6 is 11.3 Å². The second-order valence-electron chi connectivity index (χ2n) is 6.70. The topological polar surface area (TPSA) is 72.8 Å². The number of hydrogen-bond acceptors (Lipinski definition) is 5. The summed E-state index contributed by atoms with van der Waals surface area (Å²) < 4.78 is 1.19. The minimum absolute atomic E-state index is 0.401. The summed E-state index contributed by atoms with van der Waals surface area (Å²) in [7, 11) is 3.94. The minimum atomic E-state index is -0.581. The van der Waals surface area contributed by atoms with Crippen LogP contribution in [0.4, 0.5) is 5.82 Å². The van der Waals surface area contributed by atoms with Crippen molar-refractivity contribution in [3.63, 3.8) is 0 Å². The highest BCUT2D eigenvalue weighted by atomic mass is 32.1. The molecule has 0 fully saturated rings. The van der Waals surface area contributed by atoms with Crippen LogP contribution in [0.5, 0.6) is 0 Å². The Hall–Kier alpha value is -2.64. The number of rotatable bonds is 7. The molecule has 0 radical (unpaired) electrons. The molecule has 0 amide bonds. The molecule has 3 N–H and O–H groups in total. The van der Waals surface area contributed by atoms with Gasteiger partial charge in [0.1, 0.15) is 11.9 Å². The number of anilines is 1. The van der Waals surface area contributed by atoms with Crippen LogP contribution in [-0.4, -0.2) is 43.2 Å². The van der Waals surface area contributed by atoms with Crippen molar-refractivity contribution in [2.45, 2.75) is 19.6 Å². The second kappa shape index (κ2) is 9.52. The van der Waals surface area contributed by atoms with Gasteiger partial charge in [0.2, 0.25) is 0 Å². The molecule has 3 aromatic rings. The van der Waals surface area contributed by atoms with Crippen molar-refractivity contribution in [1.29, 1.82) is 0 Å². The van der Waals surface area contributed by atoms with E-state index in [4.69, 9.17) is 0 Å². The smallest absolute Gasteiger partial charge is 0.191 e. The summed E-state index contributed by atoms with van der Waals surface area (Å²) in [6.07, 6.45) is 1.22. The van der Waals surface area contributed by atoms with E-state index in [-0.39, 0.29) is 0 Å². The number of aliphatic imine (C=N–C) groups is 1. The number of aliphatic hydroxyl groups is 1. The number of aliphatic hydroxyl groups excluding tert-OH is 1. The van der Waals surface area contributed by atoms with E-state index in [1.807, 2.05) is 50.2 Å². The molecule has 148 valence electrons. The van der Waals surface area contributed by atoms with Crippen molar-refractivity contribution in [3.8, 4) is 0 Å². The minimum Gasteiger partial charge on any atom is -0.386 e. The summed E-state index contributed by atoms with van der Waals surface area (Å²) in [6, 6.07) is 14.2. The molecule has 1 aromatic carbocycles. The first-order valence-corrected chi connectivity index (χ1v) is 10.2. The van der Waals surface area contributed by atoms with Gasteiger partial charge in [0.05, 0.1) is 6.54 Å². The Morgan fingerprint density at radius 1 is 1.21 bits per heavy atom. The number of aromatic nitrogens is 1. The van der Waals surface area contributed by atoms with Gasteiger partial charge in [0.15, 0.2) is 5.96 Å². The number of guanidine groups is 1. The monoisotopic (exact) mass is 397 g/mol. The number of thiophene rings is 1. The zero-order valence-corrected chi connectivity index (χ0v) is 17.3. The lowest BCUT2D eigenvalue weighted by Gasteiger charge is -2.15. The predicted octanol–water partition coefficient (Wildman–Crippen LogP) is 3.15. The molecule has 28 heavy (non-hydrogen) atoms. The maximum atomic E-state index is 10.6. The standard InChI is InChI=1S/C21H27N5OS/c1-4-22-21(24-13-15-9-10-23-20(11-15)26(2)3)25-14-17(27)19-12-16-7-5-6-8-18(16)28-19/h5-12,17,27H,4,13-14H2,1-3H3,(H2,22,24,25). The SMILES string of the molecule is CCNC(=NCc1ccnc(N(C)C)c1)NCC(O)c1cc2ccccc2s1. The number of nitrogens with zero attached hydrogens (tertiary/aromatic N) is 3. The predicted molar refractivity (Wildman–Crippen MR) is 118 cm³/mol. The molecule has 7 heteroatoms. The first-order chi connectivity index (χ1) is 13.6. The van der Waals surface area contributed by atoms with Crippen LogP contribution in [-0.2, 0) is 6.54 Å². The van der Waals surface area contributed by atoms with Crippen molar-refractivity contribution in [3.05, 3.63) is 59.1 Å². The molecule has 2 heterocycles. The summed E-state index contributed by atoms with van der Waals surface area (Å²) >= 11 is 1.62. The van der Waals surface area contributed by atoms with Crippen LogP contribution in [0.2, 0.25) is 0 Å².